The van der Waals surface area contributed by atoms with Crippen molar-refractivity contribution in [3.63, 3.8) is 0 Å². The molecule has 2 aliphatic rings. The first-order chi connectivity index (χ1) is 13.7. The summed E-state index contributed by atoms with van der Waals surface area (Å²) in [6.07, 6.45) is 4.45. The summed E-state index contributed by atoms with van der Waals surface area (Å²) in [4.78, 5) is 32.6. The van der Waals surface area contributed by atoms with Crippen LogP contribution < -0.4 is 5.56 Å². The van der Waals surface area contributed by atoms with Crippen molar-refractivity contribution in [3.8, 4) is 0 Å². The van der Waals surface area contributed by atoms with Crippen LogP contribution in [0.2, 0.25) is 0 Å². The molecule has 1 aromatic heterocycles. The standard InChI is InChI=1S/C21H27N3O3S/c25-18-8-3-4-9-19(18)28-21-22-17-7-2-1-6-16(17)20(26)24(21)11-5-10-23-12-14-27-15-13-23/h1-2,6-7,19H,3-5,8-15H2/t19-/m1/s1. The van der Waals surface area contributed by atoms with Crippen LogP contribution in [0.25, 0.3) is 10.9 Å². The smallest absolute Gasteiger partial charge is 0.262 e. The summed E-state index contributed by atoms with van der Waals surface area (Å²) in [5, 5.41) is 1.26. The highest BCUT2D eigenvalue weighted by Crippen LogP contribution is 2.31. The van der Waals surface area contributed by atoms with E-state index < -0.39 is 0 Å². The van der Waals surface area contributed by atoms with Crippen LogP contribution in [0, 0.1) is 0 Å². The van der Waals surface area contributed by atoms with E-state index in [1.807, 2.05) is 24.3 Å². The first-order valence-electron chi connectivity index (χ1n) is 10.2. The molecule has 2 heterocycles. The van der Waals surface area contributed by atoms with E-state index in [1.165, 1.54) is 11.8 Å². The van der Waals surface area contributed by atoms with Crippen LogP contribution in [0.5, 0.6) is 0 Å². The number of thioether (sulfide) groups is 1. The first-order valence-corrected chi connectivity index (χ1v) is 11.1. The molecular formula is C21H27N3O3S. The van der Waals surface area contributed by atoms with Crippen LogP contribution in [0.15, 0.2) is 34.2 Å². The maximum atomic E-state index is 13.1. The van der Waals surface area contributed by atoms with Crippen molar-refractivity contribution in [3.05, 3.63) is 34.6 Å². The summed E-state index contributed by atoms with van der Waals surface area (Å²) in [7, 11) is 0. The van der Waals surface area contributed by atoms with Crippen molar-refractivity contribution in [2.45, 2.75) is 49.1 Å². The van der Waals surface area contributed by atoms with Crippen molar-refractivity contribution in [1.29, 1.82) is 0 Å². The van der Waals surface area contributed by atoms with E-state index in [0.717, 1.165) is 58.5 Å². The molecule has 1 saturated heterocycles. The van der Waals surface area contributed by atoms with Gasteiger partial charge in [-0.2, -0.15) is 0 Å². The molecule has 1 aliphatic carbocycles. The lowest BCUT2D eigenvalue weighted by atomic mass is 9.99. The van der Waals surface area contributed by atoms with Crippen molar-refractivity contribution >= 4 is 28.4 Å². The number of morpholine rings is 1. The van der Waals surface area contributed by atoms with Crippen LogP contribution >= 0.6 is 11.8 Å². The van der Waals surface area contributed by atoms with Crippen molar-refractivity contribution in [1.82, 2.24) is 14.5 Å². The summed E-state index contributed by atoms with van der Waals surface area (Å²) in [5.41, 5.74) is 0.709. The number of carbonyl (C=O) groups is 1. The van der Waals surface area contributed by atoms with Crippen molar-refractivity contribution < 1.29 is 9.53 Å². The Bertz CT molecular complexity index is 892. The molecule has 6 nitrogen and oxygen atoms in total. The topological polar surface area (TPSA) is 64.4 Å². The number of ketones is 1. The summed E-state index contributed by atoms with van der Waals surface area (Å²) in [6.45, 7) is 5.02. The molecule has 1 saturated carbocycles. The van der Waals surface area contributed by atoms with Crippen LogP contribution in [-0.2, 0) is 16.1 Å². The van der Waals surface area contributed by atoms with Crippen LogP contribution in [0.4, 0.5) is 0 Å². The summed E-state index contributed by atoms with van der Waals surface area (Å²) < 4.78 is 7.19. The second-order valence-electron chi connectivity index (χ2n) is 7.49. The minimum Gasteiger partial charge on any atom is -0.379 e. The molecule has 0 spiro atoms. The second-order valence-corrected chi connectivity index (χ2v) is 8.66. The fraction of sp³-hybridized carbons (Fsp3) is 0.571. The Kier molecular flexibility index (Phi) is 6.44. The molecule has 2 aromatic rings. The molecule has 4 rings (SSSR count). The highest BCUT2D eigenvalue weighted by Gasteiger charge is 2.25. The molecule has 0 radical (unpaired) electrons. The van der Waals surface area contributed by atoms with Gasteiger partial charge in [-0.3, -0.25) is 19.1 Å². The van der Waals surface area contributed by atoms with Gasteiger partial charge in [0.1, 0.15) is 5.78 Å². The third-order valence-electron chi connectivity index (χ3n) is 5.53. The zero-order chi connectivity index (χ0) is 19.3. The molecule has 7 heteroatoms. The van der Waals surface area contributed by atoms with Gasteiger partial charge in [-0.25, -0.2) is 4.98 Å². The predicted octanol–water partition coefficient (Wildman–Crippen LogP) is 2.72. The summed E-state index contributed by atoms with van der Waals surface area (Å²) >= 11 is 1.48. The van der Waals surface area contributed by atoms with Gasteiger partial charge >= 0.3 is 0 Å². The van der Waals surface area contributed by atoms with Gasteiger partial charge in [-0.05, 0) is 31.4 Å². The van der Waals surface area contributed by atoms with Gasteiger partial charge in [0.25, 0.3) is 5.56 Å². The molecule has 28 heavy (non-hydrogen) atoms. The van der Waals surface area contributed by atoms with Crippen molar-refractivity contribution in [2.75, 3.05) is 32.8 Å². The number of Topliss-reactive ketones (excluding diaryl/α,β-unsaturated/α-hetero) is 1. The lowest BCUT2D eigenvalue weighted by molar-refractivity contribution is -0.119. The Morgan fingerprint density at radius 1 is 1.11 bits per heavy atom. The summed E-state index contributed by atoms with van der Waals surface area (Å²) in [6, 6.07) is 7.49. The molecule has 1 atom stereocenters. The van der Waals surface area contributed by atoms with E-state index in [-0.39, 0.29) is 10.8 Å². The fourth-order valence-corrected chi connectivity index (χ4v) is 5.16. The Hall–Kier alpha value is -1.70. The molecule has 2 fully saturated rings. The molecule has 1 aromatic carbocycles. The van der Waals surface area contributed by atoms with E-state index in [0.29, 0.717) is 34.8 Å². The van der Waals surface area contributed by atoms with Gasteiger partial charge in [-0.1, -0.05) is 30.3 Å². The number of fused-ring (bicyclic) bond motifs is 1. The predicted molar refractivity (Wildman–Crippen MR) is 111 cm³/mol. The van der Waals surface area contributed by atoms with Gasteiger partial charge in [0.05, 0.1) is 29.4 Å². The minimum absolute atomic E-state index is 0.00154. The number of carbonyl (C=O) groups excluding carboxylic acids is 1. The monoisotopic (exact) mass is 401 g/mol. The van der Waals surface area contributed by atoms with Crippen LogP contribution in [-0.4, -0.2) is 58.3 Å². The zero-order valence-corrected chi connectivity index (χ0v) is 17.0. The van der Waals surface area contributed by atoms with Gasteiger partial charge in [0.15, 0.2) is 5.16 Å². The Morgan fingerprint density at radius 2 is 1.93 bits per heavy atom. The molecular weight excluding hydrogens is 374 g/mol. The number of rotatable bonds is 6. The second kappa shape index (κ2) is 9.20. The summed E-state index contributed by atoms with van der Waals surface area (Å²) in [5.74, 6) is 0.290. The molecule has 0 unspecified atom stereocenters. The Morgan fingerprint density at radius 3 is 2.75 bits per heavy atom. The van der Waals surface area contributed by atoms with Crippen molar-refractivity contribution in [2.24, 2.45) is 0 Å². The van der Waals surface area contributed by atoms with Crippen LogP contribution in [0.1, 0.15) is 32.1 Å². The zero-order valence-electron chi connectivity index (χ0n) is 16.1. The van der Waals surface area contributed by atoms with Gasteiger partial charge in [-0.15, -0.1) is 0 Å². The lowest BCUT2D eigenvalue weighted by Crippen LogP contribution is -2.37. The highest BCUT2D eigenvalue weighted by atomic mass is 32.2. The SMILES string of the molecule is O=C1CCCC[C@H]1Sc1nc2ccccc2c(=O)n1CCCN1CCOCC1. The van der Waals surface area contributed by atoms with Crippen LogP contribution in [0.3, 0.4) is 0 Å². The van der Waals surface area contributed by atoms with E-state index in [4.69, 9.17) is 9.72 Å². The average molecular weight is 402 g/mol. The van der Waals surface area contributed by atoms with E-state index in [1.54, 1.807) is 4.57 Å². The van der Waals surface area contributed by atoms with E-state index >= 15 is 0 Å². The molecule has 1 aliphatic heterocycles. The van der Waals surface area contributed by atoms with E-state index in [9.17, 15) is 9.59 Å². The van der Waals surface area contributed by atoms with Gasteiger partial charge in [0.2, 0.25) is 0 Å². The maximum absolute atomic E-state index is 13.1. The van der Waals surface area contributed by atoms with Gasteiger partial charge < -0.3 is 4.74 Å². The molecule has 150 valence electrons. The molecule has 0 amide bonds. The number of benzene rings is 1. The van der Waals surface area contributed by atoms with E-state index in [2.05, 4.69) is 4.90 Å². The average Bonchev–Trinajstić information content (AvgIpc) is 2.73. The Balaban J connectivity index is 1.57. The maximum Gasteiger partial charge on any atom is 0.262 e. The first kappa shape index (κ1) is 19.6. The van der Waals surface area contributed by atoms with Gasteiger partial charge in [0, 0.05) is 32.6 Å². The quantitative estimate of drug-likeness (QED) is 0.694. The molecule has 0 bridgehead atoms. The largest absolute Gasteiger partial charge is 0.379 e. The fourth-order valence-electron chi connectivity index (χ4n) is 3.91. The number of hydrogen-bond acceptors (Lipinski definition) is 6. The normalized spacial score (nSPS) is 21.3. The number of aromatic nitrogens is 2. The Labute approximate surface area is 169 Å². The number of hydrogen-bond donors (Lipinski definition) is 0. The number of para-hydroxylation sites is 1. The lowest BCUT2D eigenvalue weighted by Gasteiger charge is -2.26. The third-order valence-corrected chi connectivity index (χ3v) is 6.84. The number of nitrogens with zero attached hydrogens (tertiary/aromatic N) is 3. The number of ether oxygens (including phenoxy) is 1. The minimum atomic E-state index is -0.0766. The molecule has 0 N–H and O–H groups in total. The third kappa shape index (κ3) is 4.47. The highest BCUT2D eigenvalue weighted by molar-refractivity contribution is 8.00.